The molecule has 7 rings (SSSR count). The van der Waals surface area contributed by atoms with Crippen LogP contribution >= 0.6 is 0 Å². The summed E-state index contributed by atoms with van der Waals surface area (Å²) in [7, 11) is 0. The standard InChI is InChI=1S/C47H80O17/c1-22(2)10-9-14-47(8,64-42-39(58)36(55)34(53)27(62-42)21-60-40-37(56)32(51)25(50)20-59-40)23-11-16-46(7)31(23)24(49)18-29-44(5)15-13-30(43(3,4)28(44)12-17-45(29,46)6)63-41-38(57)35(54)33(52)26(19-48)61-41/h10,23-42,48-58H,9,11-21H2,1-8H3/t23-,24-,25-,26-,27-,28+,29+,30+,31+,32+,33-,34-,35+,36+,37+,38+,39+,40+,41+,42+,44+,45-,46-,47?/m1/s1. The van der Waals surface area contributed by atoms with Gasteiger partial charge in [0.1, 0.15) is 67.1 Å². The van der Waals surface area contributed by atoms with Crippen molar-refractivity contribution < 1.29 is 84.6 Å². The van der Waals surface area contributed by atoms with Crippen LogP contribution in [-0.4, -0.2) is 180 Å². The topological polar surface area (TPSA) is 278 Å². The fourth-order valence-corrected chi connectivity index (χ4v) is 14.5. The SMILES string of the molecule is CC(C)=CCCC(C)(O[C@@H]1O[C@H](CO[C@@H]2OC[C@@H](O)[C@H](O)[C@@H]2O)[C@@H](O)[C@H](O)[C@@H]1O)[C@@H]1CC[C@]2(C)[C@@H]1[C@H](O)C[C@H]1[C@@]3(C)CC[C@H](O[C@@H]4O[C@H](CO)[C@@H](O)[C@H](O)[C@@H]4O)C(C)(C)[C@@H]3CC[C@]12C. The van der Waals surface area contributed by atoms with E-state index in [-0.39, 0.29) is 52.6 Å². The molecule has 0 aromatic heterocycles. The molecule has 0 bridgehead atoms. The first-order valence-corrected chi connectivity index (χ1v) is 23.8. The molecule has 0 radical (unpaired) electrons. The molecule has 0 amide bonds. The number of allylic oxidation sites excluding steroid dienone is 2. The van der Waals surface area contributed by atoms with Gasteiger partial charge in [-0.3, -0.25) is 0 Å². The highest BCUT2D eigenvalue weighted by molar-refractivity contribution is 5.20. The summed E-state index contributed by atoms with van der Waals surface area (Å²) >= 11 is 0. The van der Waals surface area contributed by atoms with Crippen LogP contribution < -0.4 is 0 Å². The number of ether oxygens (including phenoxy) is 6. The van der Waals surface area contributed by atoms with Crippen molar-refractivity contribution in [3.63, 3.8) is 0 Å². The van der Waals surface area contributed by atoms with Gasteiger partial charge < -0.3 is 84.6 Å². The molecule has 7 aliphatic rings. The molecule has 3 saturated heterocycles. The highest BCUT2D eigenvalue weighted by Gasteiger charge is 2.72. The zero-order valence-corrected chi connectivity index (χ0v) is 39.0. The molecule has 0 aromatic carbocycles. The molecule has 64 heavy (non-hydrogen) atoms. The van der Waals surface area contributed by atoms with Gasteiger partial charge >= 0.3 is 0 Å². The van der Waals surface area contributed by atoms with Crippen molar-refractivity contribution in [2.45, 2.75) is 217 Å². The Bertz CT molecular complexity index is 1630. The van der Waals surface area contributed by atoms with E-state index in [9.17, 15) is 56.2 Å². The minimum Gasteiger partial charge on any atom is -0.394 e. The molecule has 17 nitrogen and oxygen atoms in total. The van der Waals surface area contributed by atoms with Gasteiger partial charge in [0.05, 0.1) is 37.6 Å². The third-order valence-electron chi connectivity index (χ3n) is 18.4. The fourth-order valence-electron chi connectivity index (χ4n) is 14.5. The molecule has 370 valence electrons. The van der Waals surface area contributed by atoms with E-state index in [1.807, 2.05) is 20.8 Å². The minimum absolute atomic E-state index is 0.149. The lowest BCUT2D eigenvalue weighted by Crippen LogP contribution is -2.67. The van der Waals surface area contributed by atoms with E-state index < -0.39 is 116 Å². The van der Waals surface area contributed by atoms with Crippen LogP contribution in [0.2, 0.25) is 0 Å². The molecule has 11 N–H and O–H groups in total. The van der Waals surface area contributed by atoms with Crippen molar-refractivity contribution in [1.82, 2.24) is 0 Å². The van der Waals surface area contributed by atoms with Gasteiger partial charge in [-0.05, 0) is 124 Å². The zero-order valence-electron chi connectivity index (χ0n) is 39.0. The molecule has 4 aliphatic carbocycles. The van der Waals surface area contributed by atoms with Crippen molar-refractivity contribution in [3.8, 4) is 0 Å². The van der Waals surface area contributed by atoms with Crippen LogP contribution in [0.4, 0.5) is 0 Å². The molecule has 0 aromatic rings. The van der Waals surface area contributed by atoms with Crippen molar-refractivity contribution >= 4 is 0 Å². The predicted octanol–water partition coefficient (Wildman–Crippen LogP) is 0.612. The molecule has 3 aliphatic heterocycles. The highest BCUT2D eigenvalue weighted by Crippen LogP contribution is 2.76. The van der Waals surface area contributed by atoms with Crippen LogP contribution in [0.15, 0.2) is 11.6 Å². The van der Waals surface area contributed by atoms with E-state index in [0.717, 1.165) is 37.7 Å². The largest absolute Gasteiger partial charge is 0.394 e. The monoisotopic (exact) mass is 917 g/mol. The molecule has 1 unspecified atom stereocenters. The van der Waals surface area contributed by atoms with Crippen LogP contribution in [0.3, 0.4) is 0 Å². The van der Waals surface area contributed by atoms with Crippen molar-refractivity contribution in [3.05, 3.63) is 11.6 Å². The molecule has 3 heterocycles. The summed E-state index contributed by atoms with van der Waals surface area (Å²) in [5, 5.41) is 118. The van der Waals surface area contributed by atoms with Gasteiger partial charge in [0.2, 0.25) is 0 Å². The van der Waals surface area contributed by atoms with E-state index in [4.69, 9.17) is 28.4 Å². The molecular weight excluding hydrogens is 836 g/mol. The first-order chi connectivity index (χ1) is 29.9. The molecule has 7 fully saturated rings. The Kier molecular flexibility index (Phi) is 14.9. The number of fused-ring (bicyclic) bond motifs is 5. The lowest BCUT2D eigenvalue weighted by molar-refractivity contribution is -0.346. The smallest absolute Gasteiger partial charge is 0.187 e. The molecule has 4 saturated carbocycles. The van der Waals surface area contributed by atoms with E-state index in [2.05, 4.69) is 40.7 Å². The third-order valence-corrected chi connectivity index (χ3v) is 18.4. The van der Waals surface area contributed by atoms with Crippen molar-refractivity contribution in [2.24, 2.45) is 45.3 Å². The number of aliphatic hydroxyl groups excluding tert-OH is 11. The van der Waals surface area contributed by atoms with Crippen molar-refractivity contribution in [1.29, 1.82) is 0 Å². The van der Waals surface area contributed by atoms with Gasteiger partial charge in [-0.15, -0.1) is 0 Å². The minimum atomic E-state index is -1.68. The normalized spacial score (nSPS) is 52.5. The average molecular weight is 917 g/mol. The quantitative estimate of drug-likeness (QED) is 0.0946. The van der Waals surface area contributed by atoms with Gasteiger partial charge in [0.15, 0.2) is 18.9 Å². The van der Waals surface area contributed by atoms with E-state index in [1.165, 1.54) is 0 Å². The summed E-state index contributed by atoms with van der Waals surface area (Å²) in [4.78, 5) is 0. The Balaban J connectivity index is 1.11. The van der Waals surface area contributed by atoms with Gasteiger partial charge in [0.25, 0.3) is 0 Å². The Morgan fingerprint density at radius 2 is 1.28 bits per heavy atom. The fraction of sp³-hybridized carbons (Fsp3) is 0.957. The summed E-state index contributed by atoms with van der Waals surface area (Å²) in [5.41, 5.74) is -0.948. The maximum atomic E-state index is 12.7. The molecule has 17 heteroatoms. The maximum absolute atomic E-state index is 12.7. The molecule has 24 atom stereocenters. The van der Waals surface area contributed by atoms with E-state index in [0.29, 0.717) is 25.7 Å². The highest BCUT2D eigenvalue weighted by atomic mass is 16.7. The number of hydrogen-bond acceptors (Lipinski definition) is 17. The van der Waals surface area contributed by atoms with Crippen molar-refractivity contribution in [2.75, 3.05) is 19.8 Å². The summed E-state index contributed by atoms with van der Waals surface area (Å²) < 4.78 is 36.5. The second-order valence-corrected chi connectivity index (χ2v) is 22.5. The average Bonchev–Trinajstić information content (AvgIpc) is 3.62. The Hall–Kier alpha value is -0.940. The van der Waals surface area contributed by atoms with Crippen LogP contribution in [0.5, 0.6) is 0 Å². The van der Waals surface area contributed by atoms with Crippen LogP contribution in [0, 0.1) is 45.3 Å². The van der Waals surface area contributed by atoms with Crippen LogP contribution in [-0.2, 0) is 28.4 Å². The number of rotatable bonds is 12. The summed E-state index contributed by atoms with van der Waals surface area (Å²) in [6, 6.07) is 0. The van der Waals surface area contributed by atoms with Crippen LogP contribution in [0.25, 0.3) is 0 Å². The Morgan fingerprint density at radius 3 is 1.94 bits per heavy atom. The molecule has 0 spiro atoms. The number of aliphatic hydroxyl groups is 11. The molecular formula is C47H80O17. The second-order valence-electron chi connectivity index (χ2n) is 22.5. The lowest BCUT2D eigenvalue weighted by Gasteiger charge is -2.71. The second kappa shape index (κ2) is 18.8. The summed E-state index contributed by atoms with van der Waals surface area (Å²) in [5.74, 6) is -0.0478. The lowest BCUT2D eigenvalue weighted by atomic mass is 9.35. The Morgan fingerprint density at radius 1 is 0.672 bits per heavy atom. The predicted molar refractivity (Wildman–Crippen MR) is 228 cm³/mol. The first kappa shape index (κ1) is 50.9. The Labute approximate surface area is 377 Å². The summed E-state index contributed by atoms with van der Waals surface area (Å²) in [6.45, 7) is 16.3. The third kappa shape index (κ3) is 8.60. The van der Waals surface area contributed by atoms with Gasteiger partial charge in [0, 0.05) is 0 Å². The van der Waals surface area contributed by atoms with Gasteiger partial charge in [-0.25, -0.2) is 0 Å². The first-order valence-electron chi connectivity index (χ1n) is 23.8. The maximum Gasteiger partial charge on any atom is 0.187 e. The van der Waals surface area contributed by atoms with Crippen LogP contribution in [0.1, 0.15) is 113 Å². The van der Waals surface area contributed by atoms with Gasteiger partial charge in [-0.1, -0.05) is 46.3 Å². The number of hydrogen-bond donors (Lipinski definition) is 11. The van der Waals surface area contributed by atoms with E-state index in [1.54, 1.807) is 0 Å². The van der Waals surface area contributed by atoms with E-state index >= 15 is 0 Å². The van der Waals surface area contributed by atoms with Gasteiger partial charge in [-0.2, -0.15) is 0 Å². The summed E-state index contributed by atoms with van der Waals surface area (Å²) in [6.07, 6.45) is -12.4. The zero-order chi connectivity index (χ0) is 47.1.